The zero-order valence-electron chi connectivity index (χ0n) is 14.8. The van der Waals surface area contributed by atoms with Crippen LogP contribution < -0.4 is 10.5 Å². The van der Waals surface area contributed by atoms with E-state index in [1.54, 1.807) is 26.0 Å². The summed E-state index contributed by atoms with van der Waals surface area (Å²) in [4.78, 5) is 16.9. The minimum Gasteiger partial charge on any atom is -0.441 e. The molecular weight excluding hydrogens is 366 g/mol. The van der Waals surface area contributed by atoms with Gasteiger partial charge in [0.05, 0.1) is 10.9 Å². The number of aromatic nitrogens is 1. The van der Waals surface area contributed by atoms with Crippen LogP contribution in [-0.4, -0.2) is 19.3 Å². The van der Waals surface area contributed by atoms with Crippen LogP contribution in [0.5, 0.6) is 0 Å². The van der Waals surface area contributed by atoms with Gasteiger partial charge in [-0.2, -0.15) is 0 Å². The minimum absolute atomic E-state index is 0.0182. The molecule has 0 saturated heterocycles. The molecule has 1 heterocycles. The maximum atomic E-state index is 12.6. The Bertz CT molecular complexity index is 1060. The number of benzene rings is 2. The van der Waals surface area contributed by atoms with Crippen molar-refractivity contribution in [2.45, 2.75) is 24.8 Å². The third-order valence-corrected chi connectivity index (χ3v) is 5.02. The topological polar surface area (TPSA) is 115 Å². The average Bonchev–Trinajstić information content (AvgIpc) is 3.04. The molecular formula is C19H19N3O4S. The molecule has 27 heavy (non-hydrogen) atoms. The second-order valence-electron chi connectivity index (χ2n) is 6.10. The highest BCUT2D eigenvalue weighted by Crippen LogP contribution is 2.22. The summed E-state index contributed by atoms with van der Waals surface area (Å²) in [6.07, 6.45) is 0. The van der Waals surface area contributed by atoms with E-state index in [1.165, 1.54) is 12.1 Å². The van der Waals surface area contributed by atoms with Gasteiger partial charge in [-0.1, -0.05) is 30.3 Å². The van der Waals surface area contributed by atoms with Crippen molar-refractivity contribution >= 4 is 15.9 Å². The van der Waals surface area contributed by atoms with Crippen LogP contribution in [0, 0.1) is 6.92 Å². The maximum absolute atomic E-state index is 12.6. The summed E-state index contributed by atoms with van der Waals surface area (Å²) in [6.45, 7) is 3.47. The quantitative estimate of drug-likeness (QED) is 0.701. The lowest BCUT2D eigenvalue weighted by atomic mass is 10.1. The number of nitrogens with two attached hydrogens (primary N) is 1. The number of carbonyl (C=O) groups is 1. The van der Waals surface area contributed by atoms with E-state index >= 15 is 0 Å². The number of sulfonamides is 1. The van der Waals surface area contributed by atoms with Gasteiger partial charge in [0, 0.05) is 5.56 Å². The van der Waals surface area contributed by atoms with Gasteiger partial charge in [0.2, 0.25) is 15.9 Å². The van der Waals surface area contributed by atoms with E-state index in [0.29, 0.717) is 11.7 Å². The van der Waals surface area contributed by atoms with Crippen LogP contribution in [0.1, 0.15) is 34.8 Å². The van der Waals surface area contributed by atoms with Crippen LogP contribution in [0.2, 0.25) is 0 Å². The summed E-state index contributed by atoms with van der Waals surface area (Å²) in [5.41, 5.74) is 1.73. The molecule has 0 unspecified atom stereocenters. The number of carbonyl (C=O) groups excluding carboxylic acids is 1. The van der Waals surface area contributed by atoms with Gasteiger partial charge in [-0.25, -0.2) is 18.5 Å². The van der Waals surface area contributed by atoms with E-state index < -0.39 is 10.0 Å². The molecule has 1 aromatic heterocycles. The second kappa shape index (κ2) is 7.34. The molecule has 1 amide bonds. The molecule has 0 saturated carbocycles. The predicted molar refractivity (Wildman–Crippen MR) is 100 cm³/mol. The number of oxazole rings is 1. The van der Waals surface area contributed by atoms with Crippen molar-refractivity contribution in [3.8, 4) is 11.5 Å². The Morgan fingerprint density at radius 3 is 2.33 bits per heavy atom. The molecule has 3 N–H and O–H groups in total. The molecule has 3 rings (SSSR count). The summed E-state index contributed by atoms with van der Waals surface area (Å²) >= 11 is 0. The monoisotopic (exact) mass is 385 g/mol. The fourth-order valence-corrected chi connectivity index (χ4v) is 3.12. The van der Waals surface area contributed by atoms with Crippen LogP contribution in [0.25, 0.3) is 11.5 Å². The Morgan fingerprint density at radius 2 is 1.74 bits per heavy atom. The second-order valence-corrected chi connectivity index (χ2v) is 7.66. The van der Waals surface area contributed by atoms with Crippen molar-refractivity contribution < 1.29 is 17.6 Å². The van der Waals surface area contributed by atoms with Crippen molar-refractivity contribution in [1.82, 2.24) is 10.3 Å². The van der Waals surface area contributed by atoms with Crippen molar-refractivity contribution in [2.24, 2.45) is 5.14 Å². The van der Waals surface area contributed by atoms with Gasteiger partial charge < -0.3 is 9.73 Å². The van der Waals surface area contributed by atoms with Gasteiger partial charge in [0.15, 0.2) is 5.69 Å². The molecule has 0 fully saturated rings. The molecule has 0 radical (unpaired) electrons. The third kappa shape index (κ3) is 4.24. The molecule has 140 valence electrons. The Kier molecular flexibility index (Phi) is 5.11. The lowest BCUT2D eigenvalue weighted by Gasteiger charge is -2.14. The van der Waals surface area contributed by atoms with E-state index in [-0.39, 0.29) is 22.5 Å². The molecule has 8 heteroatoms. The Morgan fingerprint density at radius 1 is 1.11 bits per heavy atom. The van der Waals surface area contributed by atoms with Crippen molar-refractivity contribution in [3.63, 3.8) is 0 Å². The average molecular weight is 385 g/mol. The smallest absolute Gasteiger partial charge is 0.274 e. The standard InChI is InChI=1S/C19H19N3O4S/c1-12(14-8-10-16(11-9-14)27(20,24)25)21-18(23)17-13(2)26-19(22-17)15-6-4-3-5-7-15/h3-12H,1-2H3,(H,21,23)(H2,20,24,25)/t12-/m1/s1. The molecule has 0 spiro atoms. The highest BCUT2D eigenvalue weighted by molar-refractivity contribution is 7.89. The SMILES string of the molecule is Cc1oc(-c2ccccc2)nc1C(=O)N[C@H](C)c1ccc(S(N)(=O)=O)cc1. The molecule has 3 aromatic rings. The minimum atomic E-state index is -3.75. The molecule has 0 aliphatic carbocycles. The molecule has 0 aliphatic heterocycles. The Hall–Kier alpha value is -2.97. The fraction of sp³-hybridized carbons (Fsp3) is 0.158. The molecule has 1 atom stereocenters. The number of rotatable bonds is 5. The van der Waals surface area contributed by atoms with E-state index in [1.807, 2.05) is 30.3 Å². The van der Waals surface area contributed by atoms with Crippen LogP contribution in [0.4, 0.5) is 0 Å². The highest BCUT2D eigenvalue weighted by atomic mass is 32.2. The van der Waals surface area contributed by atoms with E-state index in [2.05, 4.69) is 10.3 Å². The lowest BCUT2D eigenvalue weighted by molar-refractivity contribution is 0.0934. The Labute approximate surface area is 157 Å². The fourth-order valence-electron chi connectivity index (χ4n) is 2.61. The zero-order valence-corrected chi connectivity index (χ0v) is 15.7. The summed E-state index contributed by atoms with van der Waals surface area (Å²) < 4.78 is 28.3. The maximum Gasteiger partial charge on any atom is 0.274 e. The van der Waals surface area contributed by atoms with Gasteiger partial charge in [-0.05, 0) is 43.7 Å². The van der Waals surface area contributed by atoms with Crippen LogP contribution in [0.3, 0.4) is 0 Å². The van der Waals surface area contributed by atoms with Gasteiger partial charge >= 0.3 is 0 Å². The third-order valence-electron chi connectivity index (χ3n) is 4.09. The van der Waals surface area contributed by atoms with Crippen LogP contribution in [-0.2, 0) is 10.0 Å². The van der Waals surface area contributed by atoms with E-state index in [9.17, 15) is 13.2 Å². The van der Waals surface area contributed by atoms with Crippen molar-refractivity contribution in [1.29, 1.82) is 0 Å². The first-order valence-electron chi connectivity index (χ1n) is 8.22. The normalized spacial score (nSPS) is 12.6. The summed E-state index contributed by atoms with van der Waals surface area (Å²) in [5, 5.41) is 7.92. The summed E-state index contributed by atoms with van der Waals surface area (Å²) in [5.74, 6) is 0.424. The van der Waals surface area contributed by atoms with Crippen LogP contribution in [0.15, 0.2) is 63.9 Å². The molecule has 0 bridgehead atoms. The van der Waals surface area contributed by atoms with E-state index in [0.717, 1.165) is 11.1 Å². The molecule has 7 nitrogen and oxygen atoms in total. The number of primary sulfonamides is 1. The summed E-state index contributed by atoms with van der Waals surface area (Å²) in [6, 6.07) is 15.0. The van der Waals surface area contributed by atoms with Gasteiger partial charge in [0.25, 0.3) is 5.91 Å². The van der Waals surface area contributed by atoms with Gasteiger partial charge in [-0.3, -0.25) is 4.79 Å². The van der Waals surface area contributed by atoms with Gasteiger partial charge in [-0.15, -0.1) is 0 Å². The first-order chi connectivity index (χ1) is 12.8. The van der Waals surface area contributed by atoms with Crippen LogP contribution >= 0.6 is 0 Å². The zero-order chi connectivity index (χ0) is 19.6. The first kappa shape index (κ1) is 18.8. The number of amides is 1. The lowest BCUT2D eigenvalue weighted by Crippen LogP contribution is -2.27. The van der Waals surface area contributed by atoms with Crippen molar-refractivity contribution in [3.05, 3.63) is 71.6 Å². The van der Waals surface area contributed by atoms with Crippen molar-refractivity contribution in [2.75, 3.05) is 0 Å². The highest BCUT2D eigenvalue weighted by Gasteiger charge is 2.20. The number of nitrogens with zero attached hydrogens (tertiary/aromatic N) is 1. The van der Waals surface area contributed by atoms with Gasteiger partial charge in [0.1, 0.15) is 5.76 Å². The Balaban J connectivity index is 1.76. The number of hydrogen-bond donors (Lipinski definition) is 2. The summed E-state index contributed by atoms with van der Waals surface area (Å²) in [7, 11) is -3.75. The largest absolute Gasteiger partial charge is 0.441 e. The van der Waals surface area contributed by atoms with E-state index in [4.69, 9.17) is 9.56 Å². The number of nitrogens with one attached hydrogen (secondary N) is 1. The first-order valence-corrected chi connectivity index (χ1v) is 9.77. The predicted octanol–water partition coefficient (Wildman–Crippen LogP) is 2.79. The number of aryl methyl sites for hydroxylation is 1. The molecule has 0 aliphatic rings. The molecule has 2 aromatic carbocycles. The number of hydrogen-bond acceptors (Lipinski definition) is 5.